The molecule has 3 nitrogen and oxygen atoms in total. The highest BCUT2D eigenvalue weighted by Gasteiger charge is 2.30. The Morgan fingerprint density at radius 1 is 1.44 bits per heavy atom. The number of hydrogen-bond donors (Lipinski definition) is 1. The van der Waals surface area contributed by atoms with Gasteiger partial charge in [0.2, 0.25) is 0 Å². The van der Waals surface area contributed by atoms with E-state index in [1.165, 1.54) is 23.4 Å². The van der Waals surface area contributed by atoms with Gasteiger partial charge in [-0.05, 0) is 42.5 Å². The summed E-state index contributed by atoms with van der Waals surface area (Å²) in [6.07, 6.45) is 3.27. The number of hydrogen-bond acceptors (Lipinski definition) is 3. The van der Waals surface area contributed by atoms with Crippen LogP contribution in [0.2, 0.25) is 0 Å². The molecule has 1 fully saturated rings. The molecule has 2 heterocycles. The van der Waals surface area contributed by atoms with Gasteiger partial charge in [-0.3, -0.25) is 0 Å². The van der Waals surface area contributed by atoms with Gasteiger partial charge in [-0.1, -0.05) is 20.8 Å². The lowest BCUT2D eigenvalue weighted by molar-refractivity contribution is 0.418. The molecule has 0 amide bonds. The van der Waals surface area contributed by atoms with Crippen LogP contribution in [0.15, 0.2) is 12.3 Å². The zero-order chi connectivity index (χ0) is 13.2. The first-order valence-corrected chi connectivity index (χ1v) is 6.93. The van der Waals surface area contributed by atoms with Crippen LogP contribution in [0, 0.1) is 12.3 Å². The lowest BCUT2D eigenvalue weighted by atomic mass is 9.93. The molecule has 0 aromatic carbocycles. The van der Waals surface area contributed by atoms with Crippen LogP contribution in [0.1, 0.15) is 38.3 Å². The van der Waals surface area contributed by atoms with Gasteiger partial charge < -0.3 is 10.2 Å². The zero-order valence-corrected chi connectivity index (χ0v) is 12.1. The molecule has 0 bridgehead atoms. The summed E-state index contributed by atoms with van der Waals surface area (Å²) in [5.74, 6) is 1.17. The summed E-state index contributed by atoms with van der Waals surface area (Å²) < 4.78 is 0. The number of rotatable bonds is 4. The second-order valence-electron chi connectivity index (χ2n) is 6.10. The summed E-state index contributed by atoms with van der Waals surface area (Å²) in [4.78, 5) is 7.09. The maximum Gasteiger partial charge on any atom is 0.131 e. The molecule has 0 radical (unpaired) electrons. The van der Waals surface area contributed by atoms with Gasteiger partial charge in [0.05, 0.1) is 0 Å². The Labute approximate surface area is 111 Å². The Balaban J connectivity index is 2.10. The Morgan fingerprint density at radius 2 is 2.22 bits per heavy atom. The lowest BCUT2D eigenvalue weighted by Crippen LogP contribution is -2.24. The summed E-state index contributed by atoms with van der Waals surface area (Å²) in [6.45, 7) is 13.1. The highest BCUT2D eigenvalue weighted by Crippen LogP contribution is 2.32. The lowest BCUT2D eigenvalue weighted by Gasteiger charge is -2.22. The molecule has 18 heavy (non-hydrogen) atoms. The van der Waals surface area contributed by atoms with Crippen molar-refractivity contribution in [1.82, 2.24) is 10.3 Å². The molecule has 1 N–H and O–H groups in total. The normalized spacial score (nSPS) is 18.3. The Hall–Kier alpha value is -1.09. The van der Waals surface area contributed by atoms with Crippen molar-refractivity contribution in [2.24, 2.45) is 5.41 Å². The summed E-state index contributed by atoms with van der Waals surface area (Å²) in [6, 6.07) is 2.26. The van der Waals surface area contributed by atoms with Crippen LogP contribution in [0.25, 0.3) is 0 Å². The van der Waals surface area contributed by atoms with Gasteiger partial charge in [0.25, 0.3) is 0 Å². The van der Waals surface area contributed by atoms with Crippen molar-refractivity contribution in [3.8, 4) is 0 Å². The van der Waals surface area contributed by atoms with E-state index in [0.717, 1.165) is 26.2 Å². The average Bonchev–Trinajstić information content (AvgIpc) is 2.67. The molecular weight excluding hydrogens is 222 g/mol. The van der Waals surface area contributed by atoms with E-state index in [9.17, 15) is 0 Å². The molecule has 0 spiro atoms. The van der Waals surface area contributed by atoms with Gasteiger partial charge in [-0.2, -0.15) is 0 Å². The molecular formula is C15H25N3. The Bertz CT molecular complexity index is 412. The summed E-state index contributed by atoms with van der Waals surface area (Å²) >= 11 is 0. The van der Waals surface area contributed by atoms with Gasteiger partial charge in [0, 0.05) is 25.8 Å². The number of aromatic nitrogens is 1. The maximum absolute atomic E-state index is 4.66. The predicted octanol–water partition coefficient (Wildman–Crippen LogP) is 2.74. The van der Waals surface area contributed by atoms with Crippen molar-refractivity contribution in [2.75, 3.05) is 24.5 Å². The molecule has 3 heteroatoms. The molecule has 100 valence electrons. The second-order valence-corrected chi connectivity index (χ2v) is 6.10. The van der Waals surface area contributed by atoms with Crippen LogP contribution in [0.3, 0.4) is 0 Å². The molecule has 1 aromatic heterocycles. The standard InChI is InChI=1S/C15H25N3/c1-5-16-9-13-8-12(2)14(17-10-13)18-7-6-15(3,4)11-18/h8,10,16H,5-7,9,11H2,1-4H3. The van der Waals surface area contributed by atoms with Crippen LogP contribution < -0.4 is 10.2 Å². The van der Waals surface area contributed by atoms with E-state index in [0.29, 0.717) is 5.41 Å². The molecule has 2 rings (SSSR count). The third kappa shape index (κ3) is 3.02. The highest BCUT2D eigenvalue weighted by atomic mass is 15.2. The van der Waals surface area contributed by atoms with Crippen LogP contribution >= 0.6 is 0 Å². The number of nitrogens with zero attached hydrogens (tertiary/aromatic N) is 2. The van der Waals surface area contributed by atoms with E-state index >= 15 is 0 Å². The summed E-state index contributed by atoms with van der Waals surface area (Å²) in [7, 11) is 0. The number of anilines is 1. The average molecular weight is 247 g/mol. The second kappa shape index (κ2) is 5.27. The molecule has 1 aromatic rings. The van der Waals surface area contributed by atoms with Crippen LogP contribution in [-0.4, -0.2) is 24.6 Å². The fourth-order valence-electron chi connectivity index (χ4n) is 2.62. The van der Waals surface area contributed by atoms with E-state index in [-0.39, 0.29) is 0 Å². The molecule has 0 unspecified atom stereocenters. The van der Waals surface area contributed by atoms with E-state index in [1.54, 1.807) is 0 Å². The largest absolute Gasteiger partial charge is 0.356 e. The Kier molecular flexibility index (Phi) is 3.91. The van der Waals surface area contributed by atoms with Gasteiger partial charge in [0.1, 0.15) is 5.82 Å². The fourth-order valence-corrected chi connectivity index (χ4v) is 2.62. The number of pyridine rings is 1. The van der Waals surface area contributed by atoms with Gasteiger partial charge in [-0.15, -0.1) is 0 Å². The van der Waals surface area contributed by atoms with Crippen molar-refractivity contribution in [3.63, 3.8) is 0 Å². The fraction of sp³-hybridized carbons (Fsp3) is 0.667. The van der Waals surface area contributed by atoms with E-state index in [2.05, 4.69) is 49.0 Å². The number of nitrogens with one attached hydrogen (secondary N) is 1. The zero-order valence-electron chi connectivity index (χ0n) is 12.1. The SMILES string of the molecule is CCNCc1cnc(N2CCC(C)(C)C2)c(C)c1. The van der Waals surface area contributed by atoms with E-state index in [1.807, 2.05) is 6.20 Å². The Morgan fingerprint density at radius 3 is 2.78 bits per heavy atom. The van der Waals surface area contributed by atoms with Gasteiger partial charge in [0.15, 0.2) is 0 Å². The van der Waals surface area contributed by atoms with E-state index in [4.69, 9.17) is 0 Å². The minimum atomic E-state index is 0.427. The number of aryl methyl sites for hydroxylation is 1. The summed E-state index contributed by atoms with van der Waals surface area (Å²) in [5, 5.41) is 3.34. The van der Waals surface area contributed by atoms with Crippen LogP contribution in [0.4, 0.5) is 5.82 Å². The summed E-state index contributed by atoms with van der Waals surface area (Å²) in [5.41, 5.74) is 3.00. The third-order valence-electron chi connectivity index (χ3n) is 3.66. The molecule has 0 saturated carbocycles. The first kappa shape index (κ1) is 13.3. The monoisotopic (exact) mass is 247 g/mol. The minimum absolute atomic E-state index is 0.427. The van der Waals surface area contributed by atoms with Crippen molar-refractivity contribution in [1.29, 1.82) is 0 Å². The minimum Gasteiger partial charge on any atom is -0.356 e. The first-order valence-electron chi connectivity index (χ1n) is 6.93. The quantitative estimate of drug-likeness (QED) is 0.886. The van der Waals surface area contributed by atoms with Crippen LogP contribution in [0.5, 0.6) is 0 Å². The molecule has 1 aliphatic heterocycles. The molecule has 1 aliphatic rings. The van der Waals surface area contributed by atoms with Gasteiger partial charge >= 0.3 is 0 Å². The first-order chi connectivity index (χ1) is 8.52. The molecule has 0 atom stereocenters. The van der Waals surface area contributed by atoms with Crippen molar-refractivity contribution in [2.45, 2.75) is 40.7 Å². The maximum atomic E-state index is 4.66. The van der Waals surface area contributed by atoms with Crippen LogP contribution in [-0.2, 0) is 6.54 Å². The highest BCUT2D eigenvalue weighted by molar-refractivity contribution is 5.48. The van der Waals surface area contributed by atoms with Crippen molar-refractivity contribution >= 4 is 5.82 Å². The third-order valence-corrected chi connectivity index (χ3v) is 3.66. The molecule has 1 saturated heterocycles. The van der Waals surface area contributed by atoms with E-state index < -0.39 is 0 Å². The topological polar surface area (TPSA) is 28.2 Å². The van der Waals surface area contributed by atoms with Crippen molar-refractivity contribution < 1.29 is 0 Å². The van der Waals surface area contributed by atoms with Crippen molar-refractivity contribution in [3.05, 3.63) is 23.4 Å². The smallest absolute Gasteiger partial charge is 0.131 e. The predicted molar refractivity (Wildman–Crippen MR) is 77.0 cm³/mol. The van der Waals surface area contributed by atoms with Gasteiger partial charge in [-0.25, -0.2) is 4.98 Å². The molecule has 0 aliphatic carbocycles.